The summed E-state index contributed by atoms with van der Waals surface area (Å²) in [4.78, 5) is 12.6. The van der Waals surface area contributed by atoms with E-state index in [4.69, 9.17) is 10.5 Å². The molecule has 1 rings (SSSR count). The molecule has 1 aromatic carbocycles. The Morgan fingerprint density at radius 2 is 1.72 bits per heavy atom. The molecule has 6 heteroatoms. The van der Waals surface area contributed by atoms with Crippen LogP contribution < -0.4 is 5.73 Å². The molecule has 2 N–H and O–H groups in total. The molecule has 0 aliphatic rings. The quantitative estimate of drug-likeness (QED) is 0.398. The van der Waals surface area contributed by atoms with E-state index in [0.717, 1.165) is 25.7 Å². The summed E-state index contributed by atoms with van der Waals surface area (Å²) in [5, 5.41) is 0. The number of hydrogen-bond donors (Lipinski definition) is 1. The zero-order valence-corrected chi connectivity index (χ0v) is 16.7. The van der Waals surface area contributed by atoms with Gasteiger partial charge in [-0.2, -0.15) is 0 Å². The molecule has 0 aliphatic carbocycles. The van der Waals surface area contributed by atoms with E-state index in [-0.39, 0.29) is 6.54 Å². The summed E-state index contributed by atoms with van der Waals surface area (Å²) in [5.41, 5.74) is 5.76. The molecule has 0 aliphatic heterocycles. The van der Waals surface area contributed by atoms with Crippen LogP contribution in [0.1, 0.15) is 59.8 Å². The van der Waals surface area contributed by atoms with E-state index in [1.165, 1.54) is 6.42 Å². The van der Waals surface area contributed by atoms with Gasteiger partial charge in [-0.05, 0) is 51.5 Å². The molecule has 25 heavy (non-hydrogen) atoms. The average Bonchev–Trinajstić information content (AvgIpc) is 2.52. The third kappa shape index (κ3) is 8.38. The number of nitrogens with two attached hydrogens (primary N) is 1. The number of nitrogen functional groups attached to an aromatic ring is 1. The van der Waals surface area contributed by atoms with Crippen molar-refractivity contribution in [1.29, 1.82) is 0 Å². The van der Waals surface area contributed by atoms with Crippen molar-refractivity contribution >= 4 is 21.4 Å². The number of esters is 1. The highest BCUT2D eigenvalue weighted by atomic mass is 32.2. The summed E-state index contributed by atoms with van der Waals surface area (Å²) in [6.07, 6.45) is 5.30. The van der Waals surface area contributed by atoms with Crippen molar-refractivity contribution in [1.82, 2.24) is 0 Å². The van der Waals surface area contributed by atoms with Crippen molar-refractivity contribution in [3.8, 4) is 0 Å². The molecule has 0 spiro atoms. The lowest BCUT2D eigenvalue weighted by molar-refractivity contribution is -0.152. The molecule has 142 valence electrons. The first-order chi connectivity index (χ1) is 11.7. The third-order valence-corrected chi connectivity index (χ3v) is 5.99. The van der Waals surface area contributed by atoms with Crippen molar-refractivity contribution in [2.45, 2.75) is 70.3 Å². The number of carbonyl (C=O) groups is 1. The highest BCUT2D eigenvalue weighted by Crippen LogP contribution is 2.19. The number of hydrogen-bond acceptors (Lipinski definition) is 5. The topological polar surface area (TPSA) is 81.8 Å². The Kier molecular flexibility index (Phi) is 8.42. The van der Waals surface area contributed by atoms with Crippen LogP contribution in [0.2, 0.25) is 0 Å². The summed E-state index contributed by atoms with van der Waals surface area (Å²) >= 11 is 0. The molecular weight excluding hydrogens is 336 g/mol. The smallest absolute Gasteiger partial charge is 0.328 e. The van der Waals surface area contributed by atoms with Gasteiger partial charge in [0.2, 0.25) is 0 Å². The van der Waals surface area contributed by atoms with E-state index in [0.29, 0.717) is 16.3 Å². The largest absolute Gasteiger partial charge is 0.459 e. The van der Waals surface area contributed by atoms with Gasteiger partial charge < -0.3 is 10.5 Å². The summed E-state index contributed by atoms with van der Waals surface area (Å²) in [7, 11) is -2.65. The molecule has 1 atom stereocenters. The molecule has 0 saturated carbocycles. The molecule has 0 amide bonds. The minimum atomic E-state index is -2.65. The maximum atomic E-state index is 13.4. The second-order valence-electron chi connectivity index (χ2n) is 7.20. The SMILES string of the molecule is CCCCCCCS(=O)(=NCC(=O)OC(C)(C)C)c1ccc(N)cc1. The van der Waals surface area contributed by atoms with Crippen LogP contribution in [0.15, 0.2) is 33.5 Å². The van der Waals surface area contributed by atoms with Crippen molar-refractivity contribution in [3.63, 3.8) is 0 Å². The van der Waals surface area contributed by atoms with Gasteiger partial charge in [0.1, 0.15) is 12.1 Å². The lowest BCUT2D eigenvalue weighted by Gasteiger charge is -2.19. The summed E-state index contributed by atoms with van der Waals surface area (Å²) in [6.45, 7) is 7.37. The second-order valence-corrected chi connectivity index (χ2v) is 9.62. The molecule has 0 heterocycles. The lowest BCUT2D eigenvalue weighted by Crippen LogP contribution is -2.25. The maximum absolute atomic E-state index is 13.4. The standard InChI is InChI=1S/C19H32N2O3S/c1-5-6-7-8-9-14-25(23,17-12-10-16(20)11-13-17)21-15-18(22)24-19(2,3)4/h10-13H,5-9,14-15,20H2,1-4H3. The fraction of sp³-hybridized carbons (Fsp3) is 0.632. The van der Waals surface area contributed by atoms with Crippen molar-refractivity contribution in [2.24, 2.45) is 4.36 Å². The van der Waals surface area contributed by atoms with Gasteiger partial charge in [-0.3, -0.25) is 4.79 Å². The van der Waals surface area contributed by atoms with Crippen LogP contribution in [-0.2, 0) is 19.3 Å². The zero-order chi connectivity index (χ0) is 18.9. The normalized spacial score (nSPS) is 13.9. The van der Waals surface area contributed by atoms with Gasteiger partial charge in [0.15, 0.2) is 0 Å². The molecule has 0 saturated heterocycles. The van der Waals surface area contributed by atoms with E-state index in [2.05, 4.69) is 11.3 Å². The summed E-state index contributed by atoms with van der Waals surface area (Å²) in [5.74, 6) is -0.00896. The predicted octanol–water partition coefficient (Wildman–Crippen LogP) is 4.41. The molecule has 0 fully saturated rings. The minimum absolute atomic E-state index is 0.199. The number of rotatable bonds is 9. The zero-order valence-electron chi connectivity index (χ0n) is 15.9. The van der Waals surface area contributed by atoms with Crippen molar-refractivity contribution < 1.29 is 13.7 Å². The van der Waals surface area contributed by atoms with Crippen molar-refractivity contribution in [2.75, 3.05) is 18.0 Å². The lowest BCUT2D eigenvalue weighted by atomic mass is 10.2. The Morgan fingerprint density at radius 1 is 1.12 bits per heavy atom. The van der Waals surface area contributed by atoms with Gasteiger partial charge >= 0.3 is 5.97 Å². The first-order valence-corrected chi connectivity index (χ1v) is 10.6. The summed E-state index contributed by atoms with van der Waals surface area (Å²) < 4.78 is 22.9. The van der Waals surface area contributed by atoms with Gasteiger partial charge in [-0.1, -0.05) is 32.6 Å². The van der Waals surface area contributed by atoms with Crippen LogP contribution in [0.3, 0.4) is 0 Å². The number of anilines is 1. The number of carbonyl (C=O) groups excluding carboxylic acids is 1. The van der Waals surface area contributed by atoms with Gasteiger partial charge in [-0.25, -0.2) is 8.57 Å². The molecule has 0 radical (unpaired) electrons. The fourth-order valence-corrected chi connectivity index (χ4v) is 4.35. The van der Waals surface area contributed by atoms with Crippen LogP contribution in [-0.4, -0.2) is 28.1 Å². The molecular formula is C19H32N2O3S. The second kappa shape index (κ2) is 9.80. The molecule has 1 aromatic rings. The highest BCUT2D eigenvalue weighted by molar-refractivity contribution is 7.93. The van der Waals surface area contributed by atoms with E-state index >= 15 is 0 Å². The van der Waals surface area contributed by atoms with E-state index in [9.17, 15) is 9.00 Å². The predicted molar refractivity (Wildman–Crippen MR) is 104 cm³/mol. The van der Waals surface area contributed by atoms with Crippen LogP contribution in [0.25, 0.3) is 0 Å². The van der Waals surface area contributed by atoms with E-state index in [1.807, 2.05) is 0 Å². The Morgan fingerprint density at radius 3 is 2.28 bits per heavy atom. The Labute approximate surface area is 152 Å². The molecule has 0 aromatic heterocycles. The first kappa shape index (κ1) is 21.5. The molecule has 5 nitrogen and oxygen atoms in total. The fourth-order valence-electron chi connectivity index (χ4n) is 2.37. The van der Waals surface area contributed by atoms with Gasteiger partial charge in [0, 0.05) is 16.3 Å². The number of nitrogens with zero attached hydrogens (tertiary/aromatic N) is 1. The monoisotopic (exact) mass is 368 g/mol. The number of ether oxygens (including phenoxy) is 1. The van der Waals surface area contributed by atoms with Gasteiger partial charge in [0.05, 0.1) is 9.73 Å². The Hall–Kier alpha value is -1.56. The summed E-state index contributed by atoms with van der Waals surface area (Å²) in [6, 6.07) is 6.91. The van der Waals surface area contributed by atoms with Gasteiger partial charge in [0.25, 0.3) is 0 Å². The van der Waals surface area contributed by atoms with Crippen molar-refractivity contribution in [3.05, 3.63) is 24.3 Å². The molecule has 0 bridgehead atoms. The average molecular weight is 369 g/mol. The maximum Gasteiger partial charge on any atom is 0.328 e. The van der Waals surface area contributed by atoms with Crippen LogP contribution >= 0.6 is 0 Å². The Bertz CT molecular complexity index is 654. The van der Waals surface area contributed by atoms with Gasteiger partial charge in [-0.15, -0.1) is 0 Å². The van der Waals surface area contributed by atoms with Crippen LogP contribution in [0.4, 0.5) is 5.69 Å². The van der Waals surface area contributed by atoms with E-state index < -0.39 is 21.3 Å². The third-order valence-electron chi connectivity index (χ3n) is 3.60. The highest BCUT2D eigenvalue weighted by Gasteiger charge is 2.18. The first-order valence-electron chi connectivity index (χ1n) is 8.94. The number of unbranched alkanes of at least 4 members (excludes halogenated alkanes) is 4. The Balaban J connectivity index is 2.90. The molecule has 1 unspecified atom stereocenters. The minimum Gasteiger partial charge on any atom is -0.459 e. The van der Waals surface area contributed by atoms with E-state index in [1.54, 1.807) is 45.0 Å². The number of benzene rings is 1. The van der Waals surface area contributed by atoms with Crippen LogP contribution in [0, 0.1) is 0 Å². The van der Waals surface area contributed by atoms with Crippen LogP contribution in [0.5, 0.6) is 0 Å².